The maximum atomic E-state index is 13.0. The number of nitrogens with zero attached hydrogens (tertiary/aromatic N) is 4. The minimum absolute atomic E-state index is 0.0609. The summed E-state index contributed by atoms with van der Waals surface area (Å²) in [5.74, 6) is 0.767. The first kappa shape index (κ1) is 34.6. The van der Waals surface area contributed by atoms with Gasteiger partial charge in [-0.3, -0.25) is 14.3 Å². The van der Waals surface area contributed by atoms with E-state index in [0.29, 0.717) is 25.2 Å². The molecule has 0 saturated carbocycles. The zero-order valence-electron chi connectivity index (χ0n) is 27.3. The first-order chi connectivity index (χ1) is 22.6. The van der Waals surface area contributed by atoms with E-state index in [-0.39, 0.29) is 21.7 Å². The van der Waals surface area contributed by atoms with Gasteiger partial charge in [0.25, 0.3) is 10.0 Å². The predicted molar refractivity (Wildman–Crippen MR) is 180 cm³/mol. The van der Waals surface area contributed by atoms with Crippen molar-refractivity contribution < 1.29 is 21.6 Å². The third-order valence-corrected chi connectivity index (χ3v) is 9.49. The summed E-state index contributed by atoms with van der Waals surface area (Å²) in [6.45, 7) is 9.43. The van der Waals surface area contributed by atoms with Crippen molar-refractivity contribution in [3.63, 3.8) is 0 Å². The molecular formula is C36H38F3N5O3S. The molecule has 0 atom stereocenters. The molecule has 0 saturated heterocycles. The molecule has 0 amide bonds. The normalized spacial score (nSPS) is 12.3. The van der Waals surface area contributed by atoms with E-state index in [1.807, 2.05) is 31.2 Å². The zero-order chi connectivity index (χ0) is 34.7. The van der Waals surface area contributed by atoms with Crippen LogP contribution in [0.15, 0.2) is 101 Å². The number of nitrogens with one attached hydrogen (secondary N) is 1. The number of rotatable bonds is 11. The van der Waals surface area contributed by atoms with Crippen LogP contribution in [0.1, 0.15) is 62.2 Å². The molecule has 2 aromatic heterocycles. The van der Waals surface area contributed by atoms with Gasteiger partial charge in [-0.25, -0.2) is 17.9 Å². The first-order valence-corrected chi connectivity index (χ1v) is 17.1. The van der Waals surface area contributed by atoms with Crippen LogP contribution in [-0.2, 0) is 47.5 Å². The molecule has 12 heteroatoms. The predicted octanol–water partition coefficient (Wildman–Crippen LogP) is 7.47. The summed E-state index contributed by atoms with van der Waals surface area (Å²) in [5.41, 5.74) is 4.05. The SMILES string of the molecule is CCn1c(CCCc2ccc(-c3ccc(NS(=O)(=O)c4ccc(C(F)(F)F)cc4)cn3)cc2)nn(Cc2ccc(C(C)(C)C)cc2)c1=O. The number of halogens is 3. The van der Waals surface area contributed by atoms with Gasteiger partial charge in [0.05, 0.1) is 34.6 Å². The Morgan fingerprint density at radius 2 is 1.42 bits per heavy atom. The van der Waals surface area contributed by atoms with E-state index in [4.69, 9.17) is 0 Å². The molecule has 5 aromatic rings. The van der Waals surface area contributed by atoms with Gasteiger partial charge in [0.15, 0.2) is 0 Å². The van der Waals surface area contributed by atoms with E-state index in [1.54, 1.807) is 16.7 Å². The number of pyridine rings is 1. The van der Waals surface area contributed by atoms with Crippen LogP contribution < -0.4 is 10.4 Å². The number of benzene rings is 3. The Labute approximate surface area is 278 Å². The Hall–Kier alpha value is -4.71. The molecule has 0 aliphatic rings. The third-order valence-electron chi connectivity index (χ3n) is 8.09. The van der Waals surface area contributed by atoms with Crippen molar-refractivity contribution in [2.45, 2.75) is 76.5 Å². The van der Waals surface area contributed by atoms with Crippen LogP contribution in [0.2, 0.25) is 0 Å². The maximum Gasteiger partial charge on any atom is 0.416 e. The van der Waals surface area contributed by atoms with Gasteiger partial charge in [-0.1, -0.05) is 69.3 Å². The van der Waals surface area contributed by atoms with Crippen LogP contribution in [0.3, 0.4) is 0 Å². The molecule has 0 unspecified atom stereocenters. The molecule has 1 N–H and O–H groups in total. The van der Waals surface area contributed by atoms with E-state index in [2.05, 4.69) is 59.8 Å². The second-order valence-electron chi connectivity index (χ2n) is 12.7. The molecule has 0 radical (unpaired) electrons. The lowest BCUT2D eigenvalue weighted by molar-refractivity contribution is -0.137. The second kappa shape index (κ2) is 13.8. The van der Waals surface area contributed by atoms with Crippen molar-refractivity contribution >= 4 is 15.7 Å². The van der Waals surface area contributed by atoms with E-state index in [9.17, 15) is 26.4 Å². The summed E-state index contributed by atoms with van der Waals surface area (Å²) in [6, 6.07) is 22.7. The Bertz CT molecular complexity index is 2010. The molecule has 0 aliphatic heterocycles. The average Bonchev–Trinajstić information content (AvgIpc) is 3.34. The van der Waals surface area contributed by atoms with Crippen molar-refractivity contribution in [1.29, 1.82) is 0 Å². The van der Waals surface area contributed by atoms with Crippen molar-refractivity contribution in [3.8, 4) is 11.3 Å². The summed E-state index contributed by atoms with van der Waals surface area (Å²) >= 11 is 0. The Balaban J connectivity index is 1.17. The summed E-state index contributed by atoms with van der Waals surface area (Å²) in [4.78, 5) is 17.1. The highest BCUT2D eigenvalue weighted by molar-refractivity contribution is 7.92. The molecule has 3 aromatic carbocycles. The van der Waals surface area contributed by atoms with Crippen LogP contribution in [0.4, 0.5) is 18.9 Å². The van der Waals surface area contributed by atoms with E-state index >= 15 is 0 Å². The zero-order valence-corrected chi connectivity index (χ0v) is 28.1. The highest BCUT2D eigenvalue weighted by Gasteiger charge is 2.30. The van der Waals surface area contributed by atoms with E-state index in [1.165, 1.54) is 16.4 Å². The van der Waals surface area contributed by atoms with Gasteiger partial charge in [-0.05, 0) is 78.3 Å². The maximum absolute atomic E-state index is 13.0. The number of hydrogen-bond acceptors (Lipinski definition) is 5. The lowest BCUT2D eigenvalue weighted by Crippen LogP contribution is -2.25. The quantitative estimate of drug-likeness (QED) is 0.157. The molecule has 48 heavy (non-hydrogen) atoms. The molecular weight excluding hydrogens is 639 g/mol. The van der Waals surface area contributed by atoms with E-state index in [0.717, 1.165) is 59.6 Å². The molecule has 0 fully saturated rings. The average molecular weight is 678 g/mol. The van der Waals surface area contributed by atoms with E-state index < -0.39 is 21.8 Å². The Morgan fingerprint density at radius 1 is 0.792 bits per heavy atom. The van der Waals surface area contributed by atoms with Gasteiger partial charge < -0.3 is 0 Å². The Morgan fingerprint density at radius 3 is 1.98 bits per heavy atom. The standard InChI is InChI=1S/C36H38F3N5O3S/c1-5-43-33(41-44(34(43)45)24-26-11-15-28(16-12-26)35(2,3)4)8-6-7-25-9-13-27(14-10-25)32-22-19-30(23-40-32)42-48(46,47)31-20-17-29(18-21-31)36(37,38)39/h9-23,42H,5-8,24H2,1-4H3. The Kier molecular flexibility index (Phi) is 9.95. The van der Waals surface area contributed by atoms with Crippen molar-refractivity contribution in [2.24, 2.45) is 0 Å². The fraction of sp³-hybridized carbons (Fsp3) is 0.306. The van der Waals surface area contributed by atoms with Crippen molar-refractivity contribution in [3.05, 3.63) is 130 Å². The van der Waals surface area contributed by atoms with Gasteiger partial charge in [-0.2, -0.15) is 18.3 Å². The summed E-state index contributed by atoms with van der Waals surface area (Å²) in [7, 11) is -4.10. The highest BCUT2D eigenvalue weighted by atomic mass is 32.2. The minimum Gasteiger partial charge on any atom is -0.279 e. The van der Waals surface area contributed by atoms with Crippen molar-refractivity contribution in [2.75, 3.05) is 4.72 Å². The number of hydrogen-bond donors (Lipinski definition) is 1. The fourth-order valence-corrected chi connectivity index (χ4v) is 6.37. The molecule has 0 bridgehead atoms. The van der Waals surface area contributed by atoms with Crippen LogP contribution in [0, 0.1) is 0 Å². The second-order valence-corrected chi connectivity index (χ2v) is 14.3. The van der Waals surface area contributed by atoms with Crippen LogP contribution in [-0.4, -0.2) is 27.7 Å². The van der Waals surface area contributed by atoms with Crippen LogP contribution in [0.5, 0.6) is 0 Å². The lowest BCUT2D eigenvalue weighted by atomic mass is 9.87. The summed E-state index contributed by atoms with van der Waals surface area (Å²) in [5, 5.41) is 4.67. The molecule has 5 rings (SSSR count). The molecule has 252 valence electrons. The van der Waals surface area contributed by atoms with Gasteiger partial charge >= 0.3 is 11.9 Å². The van der Waals surface area contributed by atoms with Crippen LogP contribution in [0.25, 0.3) is 11.3 Å². The molecule has 0 spiro atoms. The summed E-state index contributed by atoms with van der Waals surface area (Å²) in [6.07, 6.45) is -0.941. The number of anilines is 1. The van der Waals surface area contributed by atoms with Gasteiger partial charge in [-0.15, -0.1) is 0 Å². The fourth-order valence-electron chi connectivity index (χ4n) is 5.33. The third kappa shape index (κ3) is 8.22. The number of aryl methyl sites for hydroxylation is 2. The van der Waals surface area contributed by atoms with Gasteiger partial charge in [0.1, 0.15) is 5.82 Å². The highest BCUT2D eigenvalue weighted by Crippen LogP contribution is 2.30. The van der Waals surface area contributed by atoms with Crippen LogP contribution >= 0.6 is 0 Å². The smallest absolute Gasteiger partial charge is 0.279 e. The molecule has 8 nitrogen and oxygen atoms in total. The minimum atomic E-state index is -4.56. The van der Waals surface area contributed by atoms with Gasteiger partial charge in [0, 0.05) is 18.5 Å². The largest absolute Gasteiger partial charge is 0.416 e. The monoisotopic (exact) mass is 677 g/mol. The number of sulfonamides is 1. The number of alkyl halides is 3. The van der Waals surface area contributed by atoms with Crippen molar-refractivity contribution in [1.82, 2.24) is 19.3 Å². The number of aromatic nitrogens is 4. The topological polar surface area (TPSA) is 98.9 Å². The molecule has 0 aliphatic carbocycles. The van der Waals surface area contributed by atoms with Gasteiger partial charge in [0.2, 0.25) is 0 Å². The lowest BCUT2D eigenvalue weighted by Gasteiger charge is -2.19. The molecule has 2 heterocycles. The first-order valence-electron chi connectivity index (χ1n) is 15.7. The summed E-state index contributed by atoms with van der Waals surface area (Å²) < 4.78 is 69.4.